The van der Waals surface area contributed by atoms with Gasteiger partial charge in [0.2, 0.25) is 0 Å². The van der Waals surface area contributed by atoms with E-state index in [4.69, 9.17) is 5.73 Å². The summed E-state index contributed by atoms with van der Waals surface area (Å²) in [6.07, 6.45) is 1.19. The Kier molecular flexibility index (Phi) is 0.980. The maximum absolute atomic E-state index is 5.77. The fraction of sp³-hybridized carbons (Fsp3) is 0.300. The SMILES string of the molecule is NC1=Nc2c[c]ccc2[C@@H]2C[C@H]12. The Morgan fingerprint density at radius 1 is 1.50 bits per heavy atom. The van der Waals surface area contributed by atoms with Crippen molar-refractivity contribution in [3.8, 4) is 0 Å². The standard InChI is InChI=1S/C10H9N2/c11-10-8-5-7(8)6-3-1-2-4-9(6)12-10/h1,3-4,7-8H,5H2,(H2,11,12)/t7-,8-/m0/s1. The van der Waals surface area contributed by atoms with Crippen molar-refractivity contribution in [3.63, 3.8) is 0 Å². The first-order valence-electron chi connectivity index (χ1n) is 4.20. The minimum Gasteiger partial charge on any atom is -0.387 e. The third-order valence-electron chi connectivity index (χ3n) is 2.69. The van der Waals surface area contributed by atoms with Gasteiger partial charge in [-0.05, 0) is 30.0 Å². The zero-order valence-electron chi connectivity index (χ0n) is 6.62. The fourth-order valence-electron chi connectivity index (χ4n) is 1.93. The van der Waals surface area contributed by atoms with Gasteiger partial charge in [0, 0.05) is 5.92 Å². The van der Waals surface area contributed by atoms with Gasteiger partial charge in [-0.3, -0.25) is 0 Å². The minimum atomic E-state index is 0.542. The molecule has 1 heterocycles. The lowest BCUT2D eigenvalue weighted by Gasteiger charge is -2.10. The Balaban J connectivity index is 2.23. The van der Waals surface area contributed by atoms with E-state index in [1.54, 1.807) is 0 Å². The number of rotatable bonds is 0. The largest absolute Gasteiger partial charge is 0.387 e. The molecule has 1 aliphatic carbocycles. The first-order valence-corrected chi connectivity index (χ1v) is 4.20. The molecule has 2 atom stereocenters. The Hall–Kier alpha value is -1.31. The van der Waals surface area contributed by atoms with Crippen molar-refractivity contribution in [1.29, 1.82) is 0 Å². The number of nitrogens with zero attached hydrogens (tertiary/aromatic N) is 1. The summed E-state index contributed by atoms with van der Waals surface area (Å²) in [5.41, 5.74) is 8.15. The predicted molar refractivity (Wildman–Crippen MR) is 47.4 cm³/mol. The second-order valence-electron chi connectivity index (χ2n) is 3.47. The van der Waals surface area contributed by atoms with Gasteiger partial charge in [0.15, 0.2) is 0 Å². The second kappa shape index (κ2) is 1.89. The van der Waals surface area contributed by atoms with Gasteiger partial charge in [-0.15, -0.1) is 0 Å². The molecular weight excluding hydrogens is 148 g/mol. The molecule has 0 spiro atoms. The third-order valence-corrected chi connectivity index (χ3v) is 2.69. The van der Waals surface area contributed by atoms with E-state index in [0.29, 0.717) is 11.8 Å². The molecule has 2 heteroatoms. The van der Waals surface area contributed by atoms with Crippen molar-refractivity contribution in [3.05, 3.63) is 29.8 Å². The average Bonchev–Trinajstić information content (AvgIpc) is 2.84. The van der Waals surface area contributed by atoms with Gasteiger partial charge in [0.05, 0.1) is 5.69 Å². The van der Waals surface area contributed by atoms with Crippen molar-refractivity contribution in [2.24, 2.45) is 16.6 Å². The Labute approximate surface area is 71.1 Å². The summed E-state index contributed by atoms with van der Waals surface area (Å²) in [6.45, 7) is 0. The zero-order chi connectivity index (χ0) is 8.13. The molecule has 2 N–H and O–H groups in total. The molecule has 3 rings (SSSR count). The first-order chi connectivity index (χ1) is 5.86. The Bertz CT molecular complexity index is 368. The van der Waals surface area contributed by atoms with Crippen LogP contribution >= 0.6 is 0 Å². The van der Waals surface area contributed by atoms with Crippen LogP contribution in [-0.2, 0) is 0 Å². The summed E-state index contributed by atoms with van der Waals surface area (Å²) in [6, 6.07) is 8.99. The first kappa shape index (κ1) is 6.23. The normalized spacial score (nSPS) is 30.2. The van der Waals surface area contributed by atoms with Crippen molar-refractivity contribution in [2.75, 3.05) is 0 Å². The molecular formula is C10H9N2. The Morgan fingerprint density at radius 2 is 2.42 bits per heavy atom. The van der Waals surface area contributed by atoms with Crippen LogP contribution < -0.4 is 5.73 Å². The lowest BCUT2D eigenvalue weighted by Crippen LogP contribution is -2.16. The summed E-state index contributed by atoms with van der Waals surface area (Å²) in [5.74, 6) is 2.01. The molecule has 1 aliphatic heterocycles. The van der Waals surface area contributed by atoms with E-state index in [2.05, 4.69) is 17.1 Å². The van der Waals surface area contributed by atoms with E-state index in [9.17, 15) is 0 Å². The minimum absolute atomic E-state index is 0.542. The molecule has 0 bridgehead atoms. The highest BCUT2D eigenvalue weighted by molar-refractivity contribution is 5.92. The summed E-state index contributed by atoms with van der Waals surface area (Å²) >= 11 is 0. The van der Waals surface area contributed by atoms with Crippen LogP contribution in [0.1, 0.15) is 17.9 Å². The van der Waals surface area contributed by atoms with Crippen LogP contribution in [0.25, 0.3) is 0 Å². The smallest absolute Gasteiger partial charge is 0.103 e. The van der Waals surface area contributed by atoms with Crippen molar-refractivity contribution in [1.82, 2.24) is 0 Å². The lowest BCUT2D eigenvalue weighted by atomic mass is 10.0. The molecule has 0 aromatic heterocycles. The molecule has 12 heavy (non-hydrogen) atoms. The van der Waals surface area contributed by atoms with Crippen LogP contribution in [0.4, 0.5) is 5.69 Å². The van der Waals surface area contributed by atoms with Gasteiger partial charge in [-0.1, -0.05) is 12.1 Å². The molecule has 1 radical (unpaired) electrons. The Morgan fingerprint density at radius 3 is 3.33 bits per heavy atom. The molecule has 0 amide bonds. The monoisotopic (exact) mass is 157 g/mol. The summed E-state index contributed by atoms with van der Waals surface area (Å²) in [7, 11) is 0. The van der Waals surface area contributed by atoms with E-state index >= 15 is 0 Å². The highest BCUT2D eigenvalue weighted by Gasteiger charge is 2.44. The van der Waals surface area contributed by atoms with Gasteiger partial charge in [-0.2, -0.15) is 0 Å². The maximum Gasteiger partial charge on any atom is 0.103 e. The summed E-state index contributed by atoms with van der Waals surface area (Å²) < 4.78 is 0. The molecule has 1 aromatic carbocycles. The fourth-order valence-corrected chi connectivity index (χ4v) is 1.93. The maximum atomic E-state index is 5.77. The number of fused-ring (bicyclic) bond motifs is 3. The predicted octanol–water partition coefficient (Wildman–Crippen LogP) is 1.59. The quantitative estimate of drug-likeness (QED) is 0.610. The number of benzene rings is 1. The van der Waals surface area contributed by atoms with E-state index < -0.39 is 0 Å². The van der Waals surface area contributed by atoms with Gasteiger partial charge >= 0.3 is 0 Å². The van der Waals surface area contributed by atoms with Crippen molar-refractivity contribution < 1.29 is 0 Å². The second-order valence-corrected chi connectivity index (χ2v) is 3.47. The molecule has 2 nitrogen and oxygen atoms in total. The topological polar surface area (TPSA) is 38.4 Å². The molecule has 59 valence electrons. The van der Waals surface area contributed by atoms with Crippen LogP contribution in [0.5, 0.6) is 0 Å². The highest BCUT2D eigenvalue weighted by atomic mass is 14.9. The molecule has 1 saturated carbocycles. The van der Waals surface area contributed by atoms with Crippen molar-refractivity contribution >= 4 is 11.5 Å². The summed E-state index contributed by atoms with van der Waals surface area (Å²) in [4.78, 5) is 4.33. The zero-order valence-corrected chi connectivity index (χ0v) is 6.62. The highest BCUT2D eigenvalue weighted by Crippen LogP contribution is 2.53. The van der Waals surface area contributed by atoms with Gasteiger partial charge in [-0.25, -0.2) is 4.99 Å². The number of aliphatic imine (C=N–C) groups is 1. The summed E-state index contributed by atoms with van der Waals surface area (Å²) in [5, 5.41) is 0. The van der Waals surface area contributed by atoms with Crippen LogP contribution in [0, 0.1) is 12.0 Å². The van der Waals surface area contributed by atoms with Crippen LogP contribution in [0.15, 0.2) is 23.2 Å². The van der Waals surface area contributed by atoms with Crippen LogP contribution in [-0.4, -0.2) is 5.84 Å². The van der Waals surface area contributed by atoms with E-state index in [1.165, 1.54) is 12.0 Å². The van der Waals surface area contributed by atoms with Crippen molar-refractivity contribution in [2.45, 2.75) is 12.3 Å². The molecule has 0 saturated heterocycles. The van der Waals surface area contributed by atoms with Gasteiger partial charge in [0.1, 0.15) is 5.84 Å². The van der Waals surface area contributed by atoms with Crippen LogP contribution in [0.3, 0.4) is 0 Å². The molecule has 0 unspecified atom stereocenters. The van der Waals surface area contributed by atoms with Crippen LogP contribution in [0.2, 0.25) is 0 Å². The van der Waals surface area contributed by atoms with E-state index in [1.807, 2.05) is 12.1 Å². The molecule has 1 fully saturated rings. The lowest BCUT2D eigenvalue weighted by molar-refractivity contribution is 1.01. The third kappa shape index (κ3) is 0.670. The number of hydrogen-bond donors (Lipinski definition) is 1. The number of nitrogens with two attached hydrogens (primary N) is 1. The van der Waals surface area contributed by atoms with E-state index in [-0.39, 0.29) is 0 Å². The average molecular weight is 157 g/mol. The molecule has 1 aromatic rings. The van der Waals surface area contributed by atoms with Gasteiger partial charge < -0.3 is 5.73 Å². The number of hydrogen-bond acceptors (Lipinski definition) is 2. The van der Waals surface area contributed by atoms with Gasteiger partial charge in [0.25, 0.3) is 0 Å². The van der Waals surface area contributed by atoms with E-state index in [0.717, 1.165) is 11.5 Å². The molecule has 2 aliphatic rings. The number of amidine groups is 1.